The maximum absolute atomic E-state index is 14.8. The van der Waals surface area contributed by atoms with Gasteiger partial charge < -0.3 is 10.4 Å². The van der Waals surface area contributed by atoms with Crippen molar-refractivity contribution in [3.05, 3.63) is 107 Å². The molecule has 1 heterocycles. The fourth-order valence-corrected chi connectivity index (χ4v) is 3.17. The number of anilines is 2. The van der Waals surface area contributed by atoms with E-state index in [2.05, 4.69) is 15.3 Å². The molecule has 0 radical (unpaired) electrons. The standard InChI is InChI=1S/C25H16FN5O/c26-22-13-19(18-5-1-16(14-27)2-6-18)7-10-21(22)24(32)23-11-12-29-25(31-23)30-20-8-3-17(15-28)4-9-20/h1-13,24,32H,(H,29,30,31). The van der Waals surface area contributed by atoms with Crippen LogP contribution in [0, 0.1) is 28.5 Å². The van der Waals surface area contributed by atoms with Gasteiger partial charge in [0.15, 0.2) is 0 Å². The van der Waals surface area contributed by atoms with E-state index in [0.29, 0.717) is 22.4 Å². The Bertz CT molecular complexity index is 1340. The average molecular weight is 421 g/mol. The summed E-state index contributed by atoms with van der Waals surface area (Å²) < 4.78 is 14.8. The predicted octanol–water partition coefficient (Wildman–Crippen LogP) is 4.85. The van der Waals surface area contributed by atoms with E-state index < -0.39 is 11.9 Å². The number of benzene rings is 3. The number of aliphatic hydroxyl groups excluding tert-OH is 1. The third-order valence-electron chi connectivity index (χ3n) is 4.87. The molecule has 0 saturated heterocycles. The van der Waals surface area contributed by atoms with Crippen LogP contribution in [0.1, 0.15) is 28.5 Å². The number of aliphatic hydroxyl groups is 1. The smallest absolute Gasteiger partial charge is 0.227 e. The van der Waals surface area contributed by atoms with Crippen molar-refractivity contribution >= 4 is 11.6 Å². The minimum Gasteiger partial charge on any atom is -0.382 e. The molecule has 0 bridgehead atoms. The average Bonchev–Trinajstić information content (AvgIpc) is 2.84. The van der Waals surface area contributed by atoms with Gasteiger partial charge in [-0.3, -0.25) is 0 Å². The highest BCUT2D eigenvalue weighted by atomic mass is 19.1. The molecular formula is C25H16FN5O. The molecule has 0 aliphatic heterocycles. The third kappa shape index (κ3) is 4.44. The van der Waals surface area contributed by atoms with Gasteiger partial charge in [-0.15, -0.1) is 0 Å². The molecule has 1 atom stereocenters. The second kappa shape index (κ2) is 9.05. The molecule has 32 heavy (non-hydrogen) atoms. The molecule has 4 aromatic rings. The Morgan fingerprint density at radius 1 is 0.844 bits per heavy atom. The van der Waals surface area contributed by atoms with Crippen LogP contribution in [0.2, 0.25) is 0 Å². The molecule has 4 rings (SSSR count). The van der Waals surface area contributed by atoms with Gasteiger partial charge in [0, 0.05) is 17.4 Å². The van der Waals surface area contributed by atoms with Crippen LogP contribution in [0.5, 0.6) is 0 Å². The van der Waals surface area contributed by atoms with Gasteiger partial charge in [0.25, 0.3) is 0 Å². The van der Waals surface area contributed by atoms with E-state index in [-0.39, 0.29) is 17.2 Å². The van der Waals surface area contributed by atoms with Gasteiger partial charge in [0.05, 0.1) is 29.0 Å². The summed E-state index contributed by atoms with van der Waals surface area (Å²) in [7, 11) is 0. The van der Waals surface area contributed by atoms with E-state index in [1.54, 1.807) is 54.6 Å². The predicted molar refractivity (Wildman–Crippen MR) is 117 cm³/mol. The molecule has 6 nitrogen and oxygen atoms in total. The monoisotopic (exact) mass is 421 g/mol. The Morgan fingerprint density at radius 3 is 2.09 bits per heavy atom. The summed E-state index contributed by atoms with van der Waals surface area (Å²) in [5.41, 5.74) is 3.45. The minimum absolute atomic E-state index is 0.0884. The number of nitrogens with one attached hydrogen (secondary N) is 1. The van der Waals surface area contributed by atoms with Gasteiger partial charge >= 0.3 is 0 Å². The van der Waals surface area contributed by atoms with Crippen LogP contribution in [-0.4, -0.2) is 15.1 Å². The summed E-state index contributed by atoms with van der Waals surface area (Å²) in [4.78, 5) is 8.42. The Kier molecular flexibility index (Phi) is 5.85. The molecule has 1 aromatic heterocycles. The molecule has 1 unspecified atom stereocenters. The molecule has 7 heteroatoms. The van der Waals surface area contributed by atoms with Crippen LogP contribution < -0.4 is 5.32 Å². The fourth-order valence-electron chi connectivity index (χ4n) is 3.17. The first-order chi connectivity index (χ1) is 15.6. The lowest BCUT2D eigenvalue weighted by Crippen LogP contribution is -2.07. The van der Waals surface area contributed by atoms with E-state index in [0.717, 1.165) is 5.56 Å². The Labute approximate surface area is 183 Å². The van der Waals surface area contributed by atoms with Gasteiger partial charge in [-0.05, 0) is 59.7 Å². The number of halogens is 1. The van der Waals surface area contributed by atoms with E-state index >= 15 is 0 Å². The molecule has 3 aromatic carbocycles. The van der Waals surface area contributed by atoms with E-state index in [1.165, 1.54) is 24.4 Å². The lowest BCUT2D eigenvalue weighted by atomic mass is 9.99. The summed E-state index contributed by atoms with van der Waals surface area (Å²) >= 11 is 0. The van der Waals surface area contributed by atoms with Crippen LogP contribution in [-0.2, 0) is 0 Å². The number of hydrogen-bond acceptors (Lipinski definition) is 6. The van der Waals surface area contributed by atoms with Crippen LogP contribution in [0.15, 0.2) is 79.0 Å². The highest BCUT2D eigenvalue weighted by molar-refractivity contribution is 5.65. The number of aromatic nitrogens is 2. The second-order valence-corrected chi connectivity index (χ2v) is 6.95. The van der Waals surface area contributed by atoms with E-state index in [4.69, 9.17) is 10.5 Å². The minimum atomic E-state index is -1.28. The van der Waals surface area contributed by atoms with Crippen molar-refractivity contribution in [2.24, 2.45) is 0 Å². The fraction of sp³-hybridized carbons (Fsp3) is 0.0400. The lowest BCUT2D eigenvalue weighted by Gasteiger charge is -2.14. The first-order valence-corrected chi connectivity index (χ1v) is 9.65. The first-order valence-electron chi connectivity index (χ1n) is 9.65. The highest BCUT2D eigenvalue weighted by Crippen LogP contribution is 2.28. The summed E-state index contributed by atoms with van der Waals surface area (Å²) in [6.45, 7) is 0. The van der Waals surface area contributed by atoms with Gasteiger partial charge in [0.1, 0.15) is 11.9 Å². The molecule has 154 valence electrons. The van der Waals surface area contributed by atoms with Crippen molar-refractivity contribution in [1.82, 2.24) is 9.97 Å². The maximum Gasteiger partial charge on any atom is 0.227 e. The van der Waals surface area contributed by atoms with Crippen molar-refractivity contribution in [2.45, 2.75) is 6.10 Å². The normalized spacial score (nSPS) is 11.2. The summed E-state index contributed by atoms with van der Waals surface area (Å²) in [5, 5.41) is 31.5. The quantitative estimate of drug-likeness (QED) is 0.477. The van der Waals surface area contributed by atoms with Gasteiger partial charge in [0.2, 0.25) is 5.95 Å². The molecule has 0 saturated carbocycles. The van der Waals surface area contributed by atoms with Crippen molar-refractivity contribution in [3.63, 3.8) is 0 Å². The van der Waals surface area contributed by atoms with Gasteiger partial charge in [-0.2, -0.15) is 10.5 Å². The Hall–Kier alpha value is -4.59. The van der Waals surface area contributed by atoms with Crippen LogP contribution in [0.4, 0.5) is 16.0 Å². The molecule has 0 amide bonds. The molecular weight excluding hydrogens is 405 g/mol. The lowest BCUT2D eigenvalue weighted by molar-refractivity contribution is 0.210. The number of rotatable bonds is 5. The van der Waals surface area contributed by atoms with Gasteiger partial charge in [-0.1, -0.05) is 24.3 Å². The molecule has 0 fully saturated rings. The zero-order chi connectivity index (χ0) is 22.5. The topological polar surface area (TPSA) is 106 Å². The van der Waals surface area contributed by atoms with Crippen LogP contribution >= 0.6 is 0 Å². The largest absolute Gasteiger partial charge is 0.382 e. The van der Waals surface area contributed by atoms with Crippen LogP contribution in [0.3, 0.4) is 0 Å². The zero-order valence-corrected chi connectivity index (χ0v) is 16.7. The number of nitriles is 2. The third-order valence-corrected chi connectivity index (χ3v) is 4.87. The second-order valence-electron chi connectivity index (χ2n) is 6.95. The SMILES string of the molecule is N#Cc1ccc(Nc2nccc(C(O)c3ccc(-c4ccc(C#N)cc4)cc3F)n2)cc1. The maximum atomic E-state index is 14.8. The summed E-state index contributed by atoms with van der Waals surface area (Å²) in [6.07, 6.45) is 0.190. The van der Waals surface area contributed by atoms with Crippen molar-refractivity contribution in [3.8, 4) is 23.3 Å². The highest BCUT2D eigenvalue weighted by Gasteiger charge is 2.18. The Morgan fingerprint density at radius 2 is 1.47 bits per heavy atom. The Balaban J connectivity index is 1.55. The molecule has 0 aliphatic rings. The summed E-state index contributed by atoms with van der Waals surface area (Å²) in [6, 6.07) is 23.7. The van der Waals surface area contributed by atoms with Gasteiger partial charge in [-0.25, -0.2) is 14.4 Å². The van der Waals surface area contributed by atoms with Crippen LogP contribution in [0.25, 0.3) is 11.1 Å². The van der Waals surface area contributed by atoms with E-state index in [1.807, 2.05) is 12.1 Å². The number of nitrogens with zero attached hydrogens (tertiary/aromatic N) is 4. The number of hydrogen-bond donors (Lipinski definition) is 2. The molecule has 2 N–H and O–H groups in total. The van der Waals surface area contributed by atoms with Crippen molar-refractivity contribution in [2.75, 3.05) is 5.32 Å². The zero-order valence-electron chi connectivity index (χ0n) is 16.7. The van der Waals surface area contributed by atoms with Crippen molar-refractivity contribution < 1.29 is 9.50 Å². The molecule has 0 spiro atoms. The first kappa shape index (κ1) is 20.7. The summed E-state index contributed by atoms with van der Waals surface area (Å²) in [5.74, 6) is -0.333. The van der Waals surface area contributed by atoms with E-state index in [9.17, 15) is 9.50 Å². The van der Waals surface area contributed by atoms with Crippen molar-refractivity contribution in [1.29, 1.82) is 10.5 Å². The molecule has 0 aliphatic carbocycles.